The number of benzene rings is 2. The Morgan fingerprint density at radius 2 is 1.84 bits per heavy atom. The molecule has 0 amide bonds. The average Bonchev–Trinajstić information content (AvgIpc) is 3.03. The number of phenols is 1. The number of hydrogen-bond acceptors (Lipinski definition) is 5. The maximum Gasteiger partial charge on any atom is 0.191 e. The first-order chi connectivity index (χ1) is 12.3. The van der Waals surface area contributed by atoms with E-state index in [-0.39, 0.29) is 5.75 Å². The van der Waals surface area contributed by atoms with Crippen LogP contribution in [0.2, 0.25) is 0 Å². The Balaban J connectivity index is 1.69. The molecule has 0 atom stereocenters. The van der Waals surface area contributed by atoms with Gasteiger partial charge in [-0.05, 0) is 24.3 Å². The molecule has 0 unspecified atom stereocenters. The normalized spacial score (nSPS) is 10.6. The van der Waals surface area contributed by atoms with Crippen molar-refractivity contribution >= 4 is 11.8 Å². The third kappa shape index (κ3) is 4.22. The average molecular weight is 353 g/mol. The van der Waals surface area contributed by atoms with E-state index in [9.17, 15) is 5.11 Å². The highest BCUT2D eigenvalue weighted by Crippen LogP contribution is 2.30. The molecule has 128 valence electrons. The number of aromatic hydroxyl groups is 1. The lowest BCUT2D eigenvalue weighted by molar-refractivity contribution is 0.344. The molecule has 0 aliphatic carbocycles. The van der Waals surface area contributed by atoms with Crippen LogP contribution in [0.25, 0.3) is 11.4 Å². The van der Waals surface area contributed by atoms with Gasteiger partial charge in [0, 0.05) is 12.3 Å². The predicted octanol–water partition coefficient (Wildman–Crippen LogP) is 4.01. The molecule has 1 aromatic heterocycles. The van der Waals surface area contributed by atoms with E-state index >= 15 is 0 Å². The summed E-state index contributed by atoms with van der Waals surface area (Å²) in [5, 5.41) is 19.3. The Kier molecular flexibility index (Phi) is 5.74. The maximum atomic E-state index is 10.1. The van der Waals surface area contributed by atoms with E-state index in [1.54, 1.807) is 30.0 Å². The van der Waals surface area contributed by atoms with Crippen LogP contribution in [-0.2, 0) is 6.54 Å². The lowest BCUT2D eigenvalue weighted by Gasteiger charge is -2.09. The zero-order chi connectivity index (χ0) is 17.5. The van der Waals surface area contributed by atoms with E-state index in [1.807, 2.05) is 47.0 Å². The fraction of sp³-hybridized carbons (Fsp3) is 0.158. The summed E-state index contributed by atoms with van der Waals surface area (Å²) in [4.78, 5) is 0. The van der Waals surface area contributed by atoms with Crippen LogP contribution in [0.5, 0.6) is 11.5 Å². The Hall–Kier alpha value is -2.73. The molecule has 0 aliphatic heterocycles. The third-order valence-electron chi connectivity index (χ3n) is 3.50. The van der Waals surface area contributed by atoms with Crippen molar-refractivity contribution in [3.8, 4) is 22.9 Å². The van der Waals surface area contributed by atoms with Crippen molar-refractivity contribution in [2.24, 2.45) is 0 Å². The summed E-state index contributed by atoms with van der Waals surface area (Å²) in [6, 6.07) is 16.8. The molecule has 3 rings (SSSR count). The maximum absolute atomic E-state index is 10.1. The molecule has 0 bridgehead atoms. The minimum atomic E-state index is 0.184. The van der Waals surface area contributed by atoms with Crippen molar-refractivity contribution in [1.29, 1.82) is 0 Å². The van der Waals surface area contributed by atoms with Gasteiger partial charge in [-0.15, -0.1) is 16.8 Å². The van der Waals surface area contributed by atoms with Crippen molar-refractivity contribution in [2.45, 2.75) is 11.7 Å². The van der Waals surface area contributed by atoms with Crippen molar-refractivity contribution < 1.29 is 9.84 Å². The number of ether oxygens (including phenoxy) is 1. The molecule has 0 radical (unpaired) electrons. The molecule has 1 heterocycles. The lowest BCUT2D eigenvalue weighted by atomic mass is 10.2. The van der Waals surface area contributed by atoms with Crippen molar-refractivity contribution in [2.75, 3.05) is 12.4 Å². The van der Waals surface area contributed by atoms with Crippen LogP contribution < -0.4 is 4.74 Å². The topological polar surface area (TPSA) is 60.2 Å². The van der Waals surface area contributed by atoms with Gasteiger partial charge in [-0.3, -0.25) is 4.57 Å². The molecule has 3 aromatic rings. The van der Waals surface area contributed by atoms with Crippen molar-refractivity contribution in [3.63, 3.8) is 0 Å². The number of hydrogen-bond donors (Lipinski definition) is 1. The van der Waals surface area contributed by atoms with Gasteiger partial charge in [0.1, 0.15) is 11.5 Å². The summed E-state index contributed by atoms with van der Waals surface area (Å²) >= 11 is 1.56. The van der Waals surface area contributed by atoms with Gasteiger partial charge in [-0.1, -0.05) is 48.2 Å². The number of aromatic nitrogens is 3. The van der Waals surface area contributed by atoms with Crippen molar-refractivity contribution in [1.82, 2.24) is 14.8 Å². The summed E-state index contributed by atoms with van der Waals surface area (Å²) in [7, 11) is 0. The molecule has 0 saturated carbocycles. The van der Waals surface area contributed by atoms with E-state index < -0.39 is 0 Å². The summed E-state index contributed by atoms with van der Waals surface area (Å²) in [6.07, 6.45) is 1.79. The summed E-state index contributed by atoms with van der Waals surface area (Å²) in [5.41, 5.74) is 0.657. The second-order valence-corrected chi connectivity index (χ2v) is 6.29. The Bertz CT molecular complexity index is 834. The first-order valence-corrected chi connectivity index (χ1v) is 8.91. The number of phenolic OH excluding ortho intramolecular Hbond substituents is 1. The molecule has 2 aromatic carbocycles. The SMILES string of the molecule is C=CCn1c(SCCOc2ccccc2)nnc1-c1ccccc1O. The van der Waals surface area contributed by atoms with E-state index in [1.165, 1.54) is 0 Å². The molecule has 0 spiro atoms. The van der Waals surface area contributed by atoms with Gasteiger partial charge < -0.3 is 9.84 Å². The number of para-hydroxylation sites is 2. The Labute approximate surface area is 151 Å². The minimum absolute atomic E-state index is 0.184. The van der Waals surface area contributed by atoms with Crippen LogP contribution in [0.3, 0.4) is 0 Å². The van der Waals surface area contributed by atoms with Gasteiger partial charge in [0.25, 0.3) is 0 Å². The standard InChI is InChI=1S/C19H19N3O2S/c1-2-12-22-18(16-10-6-7-11-17(16)23)20-21-19(22)25-14-13-24-15-8-4-3-5-9-15/h2-11,23H,1,12-14H2. The van der Waals surface area contributed by atoms with Crippen LogP contribution >= 0.6 is 11.8 Å². The highest BCUT2D eigenvalue weighted by Gasteiger charge is 2.15. The third-order valence-corrected chi connectivity index (χ3v) is 4.43. The second kappa shape index (κ2) is 8.39. The monoisotopic (exact) mass is 353 g/mol. The minimum Gasteiger partial charge on any atom is -0.507 e. The van der Waals surface area contributed by atoms with Crippen LogP contribution in [0.1, 0.15) is 0 Å². The van der Waals surface area contributed by atoms with Gasteiger partial charge in [-0.2, -0.15) is 0 Å². The predicted molar refractivity (Wildman–Crippen MR) is 100.0 cm³/mol. The van der Waals surface area contributed by atoms with Crippen LogP contribution in [0, 0.1) is 0 Å². The molecule has 5 nitrogen and oxygen atoms in total. The molecule has 6 heteroatoms. The number of allylic oxidation sites excluding steroid dienone is 1. The molecule has 1 N–H and O–H groups in total. The van der Waals surface area contributed by atoms with E-state index in [2.05, 4.69) is 16.8 Å². The molecular formula is C19H19N3O2S. The highest BCUT2D eigenvalue weighted by atomic mass is 32.2. The van der Waals surface area contributed by atoms with Gasteiger partial charge in [0.15, 0.2) is 11.0 Å². The number of rotatable bonds is 8. The highest BCUT2D eigenvalue weighted by molar-refractivity contribution is 7.99. The van der Waals surface area contributed by atoms with Crippen LogP contribution in [-0.4, -0.2) is 32.2 Å². The largest absolute Gasteiger partial charge is 0.507 e. The van der Waals surface area contributed by atoms with Gasteiger partial charge >= 0.3 is 0 Å². The fourth-order valence-electron chi connectivity index (χ4n) is 2.36. The van der Waals surface area contributed by atoms with E-state index in [4.69, 9.17) is 4.74 Å². The molecular weight excluding hydrogens is 334 g/mol. The van der Waals surface area contributed by atoms with Gasteiger partial charge in [-0.25, -0.2) is 0 Å². The molecule has 25 heavy (non-hydrogen) atoms. The summed E-state index contributed by atoms with van der Waals surface area (Å²) in [5.74, 6) is 2.41. The number of nitrogens with zero attached hydrogens (tertiary/aromatic N) is 3. The first kappa shape index (κ1) is 17.1. The smallest absolute Gasteiger partial charge is 0.191 e. The zero-order valence-electron chi connectivity index (χ0n) is 13.7. The second-order valence-electron chi connectivity index (χ2n) is 5.23. The molecule has 0 aliphatic rings. The fourth-order valence-corrected chi connectivity index (χ4v) is 3.12. The van der Waals surface area contributed by atoms with Crippen LogP contribution in [0.15, 0.2) is 72.4 Å². The Morgan fingerprint density at radius 3 is 2.60 bits per heavy atom. The Morgan fingerprint density at radius 1 is 1.08 bits per heavy atom. The van der Waals surface area contributed by atoms with E-state index in [0.717, 1.165) is 16.7 Å². The molecule has 0 fully saturated rings. The summed E-state index contributed by atoms with van der Waals surface area (Å²) in [6.45, 7) is 4.94. The molecule has 0 saturated heterocycles. The van der Waals surface area contributed by atoms with Crippen LogP contribution in [0.4, 0.5) is 0 Å². The number of thioether (sulfide) groups is 1. The van der Waals surface area contributed by atoms with Gasteiger partial charge in [0.2, 0.25) is 0 Å². The zero-order valence-corrected chi connectivity index (χ0v) is 14.5. The quantitative estimate of drug-likeness (QED) is 0.377. The van der Waals surface area contributed by atoms with Crippen molar-refractivity contribution in [3.05, 3.63) is 67.3 Å². The summed E-state index contributed by atoms with van der Waals surface area (Å²) < 4.78 is 7.64. The first-order valence-electron chi connectivity index (χ1n) is 7.92. The lowest BCUT2D eigenvalue weighted by Crippen LogP contribution is -2.04. The van der Waals surface area contributed by atoms with E-state index in [0.29, 0.717) is 24.5 Å². The van der Waals surface area contributed by atoms with Gasteiger partial charge in [0.05, 0.1) is 12.2 Å².